The van der Waals surface area contributed by atoms with E-state index in [1.165, 1.54) is 12.8 Å². The Balaban J connectivity index is 1.47. The van der Waals surface area contributed by atoms with E-state index in [1.54, 1.807) is 12.4 Å². The topological polar surface area (TPSA) is 58.1 Å². The Morgan fingerprint density at radius 1 is 0.964 bits per heavy atom. The van der Waals surface area contributed by atoms with Crippen LogP contribution in [0.1, 0.15) is 28.8 Å². The molecule has 1 aliphatic rings. The highest BCUT2D eigenvalue weighted by atomic mass is 35.5. The second-order valence-corrected chi connectivity index (χ2v) is 7.25. The molecule has 0 atom stereocenters. The van der Waals surface area contributed by atoms with Crippen molar-refractivity contribution >= 4 is 23.3 Å². The largest absolute Gasteiger partial charge is 0.355 e. The molecule has 28 heavy (non-hydrogen) atoms. The Morgan fingerprint density at radius 2 is 1.64 bits per heavy atom. The normalized spacial score (nSPS) is 13.5. The van der Waals surface area contributed by atoms with Crippen molar-refractivity contribution in [1.29, 1.82) is 0 Å². The lowest BCUT2D eigenvalue weighted by molar-refractivity contribution is 0.0951. The maximum absolute atomic E-state index is 12.4. The van der Waals surface area contributed by atoms with Crippen LogP contribution in [0.3, 0.4) is 0 Å². The number of amides is 1. The molecular weight excluding hydrogens is 372 g/mol. The van der Waals surface area contributed by atoms with Gasteiger partial charge in [0.25, 0.3) is 5.91 Å². The van der Waals surface area contributed by atoms with E-state index in [1.807, 2.05) is 48.5 Å². The number of hydrogen-bond donors (Lipinski definition) is 1. The minimum absolute atomic E-state index is 0.111. The summed E-state index contributed by atoms with van der Waals surface area (Å²) >= 11 is 5.89. The maximum Gasteiger partial charge on any atom is 0.251 e. The Morgan fingerprint density at radius 3 is 2.36 bits per heavy atom. The standard InChI is InChI=1S/C22H21ClN4O/c23-19-9-3-16(4-10-19)15-26-22(28)18-7-5-17(6-8-18)20-21(25-12-11-24-20)27-13-1-2-14-27/h3-12H,1-2,13-15H2,(H,26,28). The zero-order valence-electron chi connectivity index (χ0n) is 15.4. The molecule has 0 radical (unpaired) electrons. The van der Waals surface area contributed by atoms with Crippen LogP contribution in [0.4, 0.5) is 5.82 Å². The second kappa shape index (κ2) is 8.40. The summed E-state index contributed by atoms with van der Waals surface area (Å²) in [5.41, 5.74) is 3.44. The van der Waals surface area contributed by atoms with Gasteiger partial charge in [0.05, 0.1) is 0 Å². The van der Waals surface area contributed by atoms with Gasteiger partial charge in [-0.05, 0) is 42.7 Å². The molecule has 0 aliphatic carbocycles. The van der Waals surface area contributed by atoms with Gasteiger partial charge in [-0.25, -0.2) is 4.98 Å². The van der Waals surface area contributed by atoms with Crippen LogP contribution in [0.25, 0.3) is 11.3 Å². The van der Waals surface area contributed by atoms with Gasteiger partial charge in [-0.2, -0.15) is 0 Å². The Bertz CT molecular complexity index is 951. The van der Waals surface area contributed by atoms with Crippen molar-refractivity contribution in [3.05, 3.63) is 77.1 Å². The van der Waals surface area contributed by atoms with E-state index in [-0.39, 0.29) is 5.91 Å². The second-order valence-electron chi connectivity index (χ2n) is 6.81. The van der Waals surface area contributed by atoms with Gasteiger partial charge in [-0.3, -0.25) is 9.78 Å². The minimum Gasteiger partial charge on any atom is -0.355 e. The van der Waals surface area contributed by atoms with Gasteiger partial charge < -0.3 is 10.2 Å². The van der Waals surface area contributed by atoms with E-state index in [0.717, 1.165) is 35.7 Å². The molecule has 3 aromatic rings. The summed E-state index contributed by atoms with van der Waals surface area (Å²) in [4.78, 5) is 23.8. The number of nitrogens with zero attached hydrogens (tertiary/aromatic N) is 3. The van der Waals surface area contributed by atoms with Crippen LogP contribution in [-0.2, 0) is 6.54 Å². The summed E-state index contributed by atoms with van der Waals surface area (Å²) in [6.45, 7) is 2.48. The number of anilines is 1. The van der Waals surface area contributed by atoms with Crippen molar-refractivity contribution in [3.8, 4) is 11.3 Å². The first-order valence-corrected chi connectivity index (χ1v) is 9.77. The molecule has 0 spiro atoms. The van der Waals surface area contributed by atoms with Crippen LogP contribution in [0, 0.1) is 0 Å². The Labute approximate surface area is 169 Å². The quantitative estimate of drug-likeness (QED) is 0.702. The predicted molar refractivity (Wildman–Crippen MR) is 112 cm³/mol. The lowest BCUT2D eigenvalue weighted by Gasteiger charge is -2.19. The molecule has 2 aromatic carbocycles. The first-order chi connectivity index (χ1) is 13.7. The van der Waals surface area contributed by atoms with Gasteiger partial charge in [0.2, 0.25) is 0 Å². The summed E-state index contributed by atoms with van der Waals surface area (Å²) in [6, 6.07) is 15.0. The molecule has 4 rings (SSSR count). The number of benzene rings is 2. The number of carbonyl (C=O) groups excluding carboxylic acids is 1. The average Bonchev–Trinajstić information content (AvgIpc) is 3.28. The first kappa shape index (κ1) is 18.4. The van der Waals surface area contributed by atoms with Crippen LogP contribution in [0.5, 0.6) is 0 Å². The minimum atomic E-state index is -0.111. The molecule has 1 aromatic heterocycles. The summed E-state index contributed by atoms with van der Waals surface area (Å²) in [7, 11) is 0. The first-order valence-electron chi connectivity index (χ1n) is 9.40. The van der Waals surface area contributed by atoms with E-state index in [0.29, 0.717) is 17.1 Å². The van der Waals surface area contributed by atoms with Crippen molar-refractivity contribution in [1.82, 2.24) is 15.3 Å². The summed E-state index contributed by atoms with van der Waals surface area (Å²) in [5, 5.41) is 3.62. The molecule has 0 saturated carbocycles. The fourth-order valence-electron chi connectivity index (χ4n) is 3.36. The third-order valence-electron chi connectivity index (χ3n) is 4.87. The number of nitrogens with one attached hydrogen (secondary N) is 1. The monoisotopic (exact) mass is 392 g/mol. The molecule has 0 unspecified atom stereocenters. The van der Waals surface area contributed by atoms with Gasteiger partial charge in [0.15, 0.2) is 5.82 Å². The molecule has 1 N–H and O–H groups in total. The highest BCUT2D eigenvalue weighted by Gasteiger charge is 2.18. The van der Waals surface area contributed by atoms with Gasteiger partial charge in [-0.1, -0.05) is 35.9 Å². The molecule has 1 aliphatic heterocycles. The zero-order valence-corrected chi connectivity index (χ0v) is 16.2. The number of halogens is 1. The molecular formula is C22H21ClN4O. The van der Waals surface area contributed by atoms with Crippen molar-refractivity contribution in [2.24, 2.45) is 0 Å². The lowest BCUT2D eigenvalue weighted by atomic mass is 10.1. The number of hydrogen-bond acceptors (Lipinski definition) is 4. The summed E-state index contributed by atoms with van der Waals surface area (Å²) in [5.74, 6) is 0.806. The lowest BCUT2D eigenvalue weighted by Crippen LogP contribution is -2.22. The number of rotatable bonds is 5. The third-order valence-corrected chi connectivity index (χ3v) is 5.12. The van der Waals surface area contributed by atoms with E-state index < -0.39 is 0 Å². The van der Waals surface area contributed by atoms with E-state index in [2.05, 4.69) is 20.2 Å². The van der Waals surface area contributed by atoms with Crippen LogP contribution >= 0.6 is 11.6 Å². The predicted octanol–water partition coefficient (Wildman–Crippen LogP) is 4.33. The van der Waals surface area contributed by atoms with Crippen LogP contribution in [0.15, 0.2) is 60.9 Å². The summed E-state index contributed by atoms with van der Waals surface area (Å²) < 4.78 is 0. The molecule has 1 saturated heterocycles. The average molecular weight is 393 g/mol. The van der Waals surface area contributed by atoms with Crippen molar-refractivity contribution < 1.29 is 4.79 Å². The molecule has 0 bridgehead atoms. The van der Waals surface area contributed by atoms with Gasteiger partial charge in [-0.15, -0.1) is 0 Å². The molecule has 2 heterocycles. The van der Waals surface area contributed by atoms with Crippen molar-refractivity contribution in [2.45, 2.75) is 19.4 Å². The zero-order chi connectivity index (χ0) is 19.3. The molecule has 1 amide bonds. The van der Waals surface area contributed by atoms with Crippen molar-refractivity contribution in [3.63, 3.8) is 0 Å². The molecule has 5 nitrogen and oxygen atoms in total. The highest BCUT2D eigenvalue weighted by molar-refractivity contribution is 6.30. The van der Waals surface area contributed by atoms with Gasteiger partial charge in [0.1, 0.15) is 5.69 Å². The number of aromatic nitrogens is 2. The Kier molecular flexibility index (Phi) is 5.53. The third kappa shape index (κ3) is 4.15. The molecule has 142 valence electrons. The highest BCUT2D eigenvalue weighted by Crippen LogP contribution is 2.29. The van der Waals surface area contributed by atoms with Gasteiger partial charge >= 0.3 is 0 Å². The molecule has 6 heteroatoms. The maximum atomic E-state index is 12.4. The Hall–Kier alpha value is -2.92. The van der Waals surface area contributed by atoms with E-state index in [9.17, 15) is 4.79 Å². The van der Waals surface area contributed by atoms with Crippen LogP contribution < -0.4 is 10.2 Å². The van der Waals surface area contributed by atoms with E-state index >= 15 is 0 Å². The van der Waals surface area contributed by atoms with E-state index in [4.69, 9.17) is 11.6 Å². The summed E-state index contributed by atoms with van der Waals surface area (Å²) in [6.07, 6.45) is 5.81. The van der Waals surface area contributed by atoms with Crippen molar-refractivity contribution in [2.75, 3.05) is 18.0 Å². The van der Waals surface area contributed by atoms with Crippen LogP contribution in [0.2, 0.25) is 5.02 Å². The fraction of sp³-hybridized carbons (Fsp3) is 0.227. The van der Waals surface area contributed by atoms with Gasteiger partial charge in [0, 0.05) is 48.2 Å². The fourth-order valence-corrected chi connectivity index (χ4v) is 3.49. The van der Waals surface area contributed by atoms with Crippen LogP contribution in [-0.4, -0.2) is 29.0 Å². The number of carbonyl (C=O) groups is 1. The smallest absolute Gasteiger partial charge is 0.251 e. The molecule has 1 fully saturated rings. The SMILES string of the molecule is O=C(NCc1ccc(Cl)cc1)c1ccc(-c2nccnc2N2CCCC2)cc1.